The fourth-order valence-corrected chi connectivity index (χ4v) is 5.94. The molecule has 36 heavy (non-hydrogen) atoms. The van der Waals surface area contributed by atoms with Gasteiger partial charge in [-0.3, -0.25) is 4.79 Å². The number of nitrogens with one attached hydrogen (secondary N) is 1. The fraction of sp³-hybridized carbons (Fsp3) is 0.107. The number of amides is 1. The molecule has 1 N–H and O–H groups in total. The first-order chi connectivity index (χ1) is 17.5. The predicted octanol–water partition coefficient (Wildman–Crippen LogP) is 7.55. The van der Waals surface area contributed by atoms with Gasteiger partial charge in [-0.15, -0.1) is 22.7 Å². The van der Waals surface area contributed by atoms with Gasteiger partial charge in [0.25, 0.3) is 5.91 Å². The van der Waals surface area contributed by atoms with Crippen LogP contribution in [0.4, 0.5) is 5.00 Å². The van der Waals surface area contributed by atoms with E-state index in [9.17, 15) is 9.59 Å². The summed E-state index contributed by atoms with van der Waals surface area (Å²) in [6.07, 6.45) is 0. The van der Waals surface area contributed by atoms with Crippen molar-refractivity contribution in [2.75, 3.05) is 11.9 Å². The molecule has 0 saturated carbocycles. The molecule has 0 saturated heterocycles. The van der Waals surface area contributed by atoms with Gasteiger partial charge in [-0.05, 0) is 67.9 Å². The van der Waals surface area contributed by atoms with Gasteiger partial charge in [-0.2, -0.15) is 0 Å². The number of esters is 1. The summed E-state index contributed by atoms with van der Waals surface area (Å²) in [4.78, 5) is 31.0. The van der Waals surface area contributed by atoms with Crippen LogP contribution in [0.25, 0.3) is 20.8 Å². The number of nitrogens with zero attached hydrogens (tertiary/aromatic N) is 1. The van der Waals surface area contributed by atoms with Crippen LogP contribution in [0.3, 0.4) is 0 Å². The molecule has 0 aliphatic heterocycles. The minimum absolute atomic E-state index is 0.270. The summed E-state index contributed by atoms with van der Waals surface area (Å²) in [6, 6.07) is 24.2. The average Bonchev–Trinajstić information content (AvgIpc) is 3.45. The SMILES string of the molecule is CCOC(=O)c1sc(NC(=O)c2ccc(Oc3ccccc3)cc2)c(-c2nc3ccccc3s2)c1C. The standard InChI is InChI=1S/C28H22N2O4S2/c1-3-33-28(32)24-17(2)23(26-29-21-11-7-8-12-22(21)35-26)27(36-24)30-25(31)18-13-15-20(16-14-18)34-19-9-5-4-6-10-19/h4-16H,3H2,1-2H3,(H,30,31). The Bertz CT molecular complexity index is 1510. The topological polar surface area (TPSA) is 77.5 Å². The first kappa shape index (κ1) is 23.7. The molecule has 0 fully saturated rings. The van der Waals surface area contributed by atoms with Gasteiger partial charge < -0.3 is 14.8 Å². The molecule has 3 aromatic carbocycles. The lowest BCUT2D eigenvalue weighted by Gasteiger charge is -2.08. The number of rotatable bonds is 7. The van der Waals surface area contributed by atoms with E-state index in [-0.39, 0.29) is 12.5 Å². The lowest BCUT2D eigenvalue weighted by molar-refractivity contribution is 0.0531. The zero-order valence-electron chi connectivity index (χ0n) is 19.6. The number of carbonyl (C=O) groups is 2. The van der Waals surface area contributed by atoms with Gasteiger partial charge in [0, 0.05) is 11.1 Å². The van der Waals surface area contributed by atoms with E-state index in [0.717, 1.165) is 32.1 Å². The van der Waals surface area contributed by atoms with Crippen molar-refractivity contribution in [3.8, 4) is 22.1 Å². The smallest absolute Gasteiger partial charge is 0.348 e. The minimum Gasteiger partial charge on any atom is -0.462 e. The second-order valence-corrected chi connectivity index (χ2v) is 9.91. The molecule has 0 unspecified atom stereocenters. The molecule has 0 atom stereocenters. The van der Waals surface area contributed by atoms with Crippen molar-refractivity contribution in [1.29, 1.82) is 0 Å². The van der Waals surface area contributed by atoms with Crippen LogP contribution in [0, 0.1) is 6.92 Å². The van der Waals surface area contributed by atoms with E-state index in [4.69, 9.17) is 14.5 Å². The second kappa shape index (κ2) is 10.3. The number of fused-ring (bicyclic) bond motifs is 1. The van der Waals surface area contributed by atoms with Crippen LogP contribution in [0.15, 0.2) is 78.9 Å². The molecule has 2 aromatic heterocycles. The summed E-state index contributed by atoms with van der Waals surface area (Å²) in [5, 5.41) is 4.29. The summed E-state index contributed by atoms with van der Waals surface area (Å²) in [5.74, 6) is 0.644. The van der Waals surface area contributed by atoms with E-state index in [1.54, 1.807) is 31.2 Å². The van der Waals surface area contributed by atoms with Gasteiger partial charge in [0.15, 0.2) is 0 Å². The Labute approximate surface area is 216 Å². The first-order valence-corrected chi connectivity index (χ1v) is 13.0. The number of thiazole rings is 1. The highest BCUT2D eigenvalue weighted by molar-refractivity contribution is 7.23. The van der Waals surface area contributed by atoms with Gasteiger partial charge in [0.05, 0.1) is 16.8 Å². The summed E-state index contributed by atoms with van der Waals surface area (Å²) in [5.41, 5.74) is 2.81. The zero-order valence-corrected chi connectivity index (χ0v) is 21.2. The van der Waals surface area contributed by atoms with E-state index >= 15 is 0 Å². The number of hydrogen-bond acceptors (Lipinski definition) is 7. The zero-order chi connectivity index (χ0) is 25.1. The summed E-state index contributed by atoms with van der Waals surface area (Å²) in [7, 11) is 0. The van der Waals surface area contributed by atoms with Crippen LogP contribution in [-0.4, -0.2) is 23.5 Å². The van der Waals surface area contributed by atoms with Gasteiger partial charge in [-0.1, -0.05) is 30.3 Å². The van der Waals surface area contributed by atoms with Crippen LogP contribution < -0.4 is 10.1 Å². The highest BCUT2D eigenvalue weighted by atomic mass is 32.1. The fourth-order valence-electron chi connectivity index (χ4n) is 3.70. The van der Waals surface area contributed by atoms with Crippen LogP contribution >= 0.6 is 22.7 Å². The Morgan fingerprint density at radius 3 is 2.31 bits per heavy atom. The number of anilines is 1. The third-order valence-electron chi connectivity index (χ3n) is 5.44. The Morgan fingerprint density at radius 2 is 1.58 bits per heavy atom. The quantitative estimate of drug-likeness (QED) is 0.227. The number of para-hydroxylation sites is 2. The average molecular weight is 515 g/mol. The Hall–Kier alpha value is -4.01. The second-order valence-electron chi connectivity index (χ2n) is 7.86. The summed E-state index contributed by atoms with van der Waals surface area (Å²) < 4.78 is 12.1. The number of benzene rings is 3. The Morgan fingerprint density at radius 1 is 0.889 bits per heavy atom. The Balaban J connectivity index is 1.45. The van der Waals surface area contributed by atoms with Crippen molar-refractivity contribution in [3.63, 3.8) is 0 Å². The van der Waals surface area contributed by atoms with Gasteiger partial charge in [-0.25, -0.2) is 9.78 Å². The monoisotopic (exact) mass is 514 g/mol. The molecule has 0 bridgehead atoms. The van der Waals surface area contributed by atoms with Crippen molar-refractivity contribution in [2.45, 2.75) is 13.8 Å². The number of carbonyl (C=O) groups excluding carboxylic acids is 2. The molecule has 1 amide bonds. The molecule has 180 valence electrons. The largest absolute Gasteiger partial charge is 0.462 e. The van der Waals surface area contributed by atoms with Crippen molar-refractivity contribution in [3.05, 3.63) is 94.9 Å². The molecule has 5 aromatic rings. The molecular weight excluding hydrogens is 492 g/mol. The van der Waals surface area contributed by atoms with Crippen LogP contribution in [0.1, 0.15) is 32.5 Å². The molecule has 8 heteroatoms. The van der Waals surface area contributed by atoms with Crippen molar-refractivity contribution in [1.82, 2.24) is 4.98 Å². The van der Waals surface area contributed by atoms with Crippen LogP contribution in [0.5, 0.6) is 11.5 Å². The number of aromatic nitrogens is 1. The van der Waals surface area contributed by atoms with Crippen LogP contribution in [-0.2, 0) is 4.74 Å². The molecule has 0 spiro atoms. The maximum Gasteiger partial charge on any atom is 0.348 e. The van der Waals surface area contributed by atoms with Gasteiger partial charge in [0.2, 0.25) is 0 Å². The van der Waals surface area contributed by atoms with E-state index in [2.05, 4.69) is 5.32 Å². The number of ether oxygens (including phenoxy) is 2. The Kier molecular flexibility index (Phi) is 6.79. The van der Waals surface area contributed by atoms with Crippen molar-refractivity contribution in [2.24, 2.45) is 0 Å². The van der Waals surface area contributed by atoms with Gasteiger partial charge in [0.1, 0.15) is 26.4 Å². The molecular formula is C28H22N2O4S2. The van der Waals surface area contributed by atoms with Crippen LogP contribution in [0.2, 0.25) is 0 Å². The predicted molar refractivity (Wildman–Crippen MR) is 145 cm³/mol. The van der Waals surface area contributed by atoms with E-state index in [0.29, 0.717) is 21.2 Å². The van der Waals surface area contributed by atoms with Gasteiger partial charge >= 0.3 is 5.97 Å². The van der Waals surface area contributed by atoms with E-state index in [1.165, 1.54) is 22.7 Å². The molecule has 0 aliphatic rings. The molecule has 0 aliphatic carbocycles. The minimum atomic E-state index is -0.412. The third kappa shape index (κ3) is 4.86. The van der Waals surface area contributed by atoms with E-state index < -0.39 is 5.97 Å². The molecule has 5 rings (SSSR count). The summed E-state index contributed by atoms with van der Waals surface area (Å²) >= 11 is 2.72. The van der Waals surface area contributed by atoms with Crippen molar-refractivity contribution >= 4 is 49.8 Å². The highest BCUT2D eigenvalue weighted by Gasteiger charge is 2.25. The van der Waals surface area contributed by atoms with Crippen molar-refractivity contribution < 1.29 is 19.1 Å². The maximum absolute atomic E-state index is 13.2. The van der Waals surface area contributed by atoms with E-state index in [1.807, 2.05) is 61.5 Å². The molecule has 0 radical (unpaired) electrons. The lowest BCUT2D eigenvalue weighted by Crippen LogP contribution is -2.11. The molecule has 6 nitrogen and oxygen atoms in total. The normalized spacial score (nSPS) is 10.8. The maximum atomic E-state index is 13.2. The first-order valence-electron chi connectivity index (χ1n) is 11.3. The highest BCUT2D eigenvalue weighted by Crippen LogP contribution is 2.43. The lowest BCUT2D eigenvalue weighted by atomic mass is 10.1. The number of hydrogen-bond donors (Lipinski definition) is 1. The number of thiophene rings is 1. The summed E-state index contributed by atoms with van der Waals surface area (Å²) in [6.45, 7) is 3.89. The third-order valence-corrected chi connectivity index (χ3v) is 7.68. The molecule has 2 heterocycles.